The number of rotatable bonds is 4. The van der Waals surface area contributed by atoms with Crippen LogP contribution < -0.4 is 0 Å². The zero-order valence-corrected chi connectivity index (χ0v) is 8.72. The zero-order chi connectivity index (χ0) is 12.3. The molecule has 0 saturated heterocycles. The van der Waals surface area contributed by atoms with Crippen molar-refractivity contribution in [1.29, 1.82) is 0 Å². The second-order valence-corrected chi connectivity index (χ2v) is 3.49. The van der Waals surface area contributed by atoms with Gasteiger partial charge in [0.2, 0.25) is 0 Å². The van der Waals surface area contributed by atoms with E-state index in [0.717, 1.165) is 10.9 Å². The monoisotopic (exact) mass is 234 g/mol. The second-order valence-electron chi connectivity index (χ2n) is 3.49. The molecule has 2 aromatic heterocycles. The molecule has 2 unspecified atom stereocenters. The maximum absolute atomic E-state index is 9.79. The van der Waals surface area contributed by atoms with Gasteiger partial charge < -0.3 is 10.2 Å². The summed E-state index contributed by atoms with van der Waals surface area (Å²) >= 11 is 0. The van der Waals surface area contributed by atoms with Crippen LogP contribution in [-0.2, 0) is 0 Å². The molecular weight excluding hydrogens is 224 g/mol. The SMILES string of the molecule is [N-]=[N+]=NCC(O)C(O)c1cc2cn[nH]c2cn1. The van der Waals surface area contributed by atoms with Gasteiger partial charge in [0.25, 0.3) is 0 Å². The van der Waals surface area contributed by atoms with E-state index in [9.17, 15) is 10.2 Å². The molecule has 0 spiro atoms. The molecule has 2 aromatic rings. The van der Waals surface area contributed by atoms with Gasteiger partial charge in [0.15, 0.2) is 0 Å². The lowest BCUT2D eigenvalue weighted by Gasteiger charge is -2.14. The third-order valence-corrected chi connectivity index (χ3v) is 2.35. The van der Waals surface area contributed by atoms with Crippen LogP contribution in [0, 0.1) is 0 Å². The summed E-state index contributed by atoms with van der Waals surface area (Å²) in [5.41, 5.74) is 9.16. The maximum Gasteiger partial charge on any atom is 0.122 e. The number of azide groups is 1. The number of pyridine rings is 1. The van der Waals surface area contributed by atoms with Gasteiger partial charge in [-0.1, -0.05) is 5.11 Å². The fourth-order valence-corrected chi connectivity index (χ4v) is 1.44. The summed E-state index contributed by atoms with van der Waals surface area (Å²) in [6, 6.07) is 1.61. The molecule has 8 heteroatoms. The van der Waals surface area contributed by atoms with Gasteiger partial charge in [-0.05, 0) is 11.6 Å². The van der Waals surface area contributed by atoms with Gasteiger partial charge in [0.1, 0.15) is 6.10 Å². The summed E-state index contributed by atoms with van der Waals surface area (Å²) in [6.45, 7) is -0.206. The lowest BCUT2D eigenvalue weighted by molar-refractivity contribution is 0.0219. The smallest absolute Gasteiger partial charge is 0.122 e. The second kappa shape index (κ2) is 4.79. The third kappa shape index (κ3) is 2.34. The van der Waals surface area contributed by atoms with E-state index in [2.05, 4.69) is 25.2 Å². The number of hydrogen-bond acceptors (Lipinski definition) is 5. The average molecular weight is 234 g/mol. The molecule has 88 valence electrons. The Kier molecular flexibility index (Phi) is 3.20. The molecule has 3 N–H and O–H groups in total. The Bertz CT molecular complexity index is 561. The van der Waals surface area contributed by atoms with Crippen LogP contribution >= 0.6 is 0 Å². The summed E-state index contributed by atoms with van der Waals surface area (Å²) in [5.74, 6) is 0. The van der Waals surface area contributed by atoms with Crippen LogP contribution in [0.25, 0.3) is 21.3 Å². The normalized spacial score (nSPS) is 14.2. The van der Waals surface area contributed by atoms with Gasteiger partial charge in [-0.3, -0.25) is 10.1 Å². The lowest BCUT2D eigenvalue weighted by atomic mass is 10.1. The van der Waals surface area contributed by atoms with E-state index in [0.29, 0.717) is 5.69 Å². The molecular formula is C9H10N6O2. The van der Waals surface area contributed by atoms with Crippen molar-refractivity contribution in [3.05, 3.63) is 34.6 Å². The largest absolute Gasteiger partial charge is 0.390 e. The predicted molar refractivity (Wildman–Crippen MR) is 58.9 cm³/mol. The van der Waals surface area contributed by atoms with E-state index in [4.69, 9.17) is 5.53 Å². The highest BCUT2D eigenvalue weighted by Crippen LogP contribution is 2.18. The molecule has 0 aliphatic carbocycles. The van der Waals surface area contributed by atoms with E-state index in [-0.39, 0.29) is 6.54 Å². The highest BCUT2D eigenvalue weighted by molar-refractivity contribution is 5.77. The number of aromatic nitrogens is 3. The van der Waals surface area contributed by atoms with Crippen molar-refractivity contribution in [2.45, 2.75) is 12.2 Å². The first kappa shape index (κ1) is 11.3. The number of nitrogens with one attached hydrogen (secondary N) is 1. The number of hydrogen-bond donors (Lipinski definition) is 3. The minimum atomic E-state index is -1.19. The van der Waals surface area contributed by atoms with E-state index in [1.165, 1.54) is 6.20 Å². The van der Waals surface area contributed by atoms with Crippen molar-refractivity contribution < 1.29 is 10.2 Å². The minimum absolute atomic E-state index is 0.206. The van der Waals surface area contributed by atoms with Gasteiger partial charge >= 0.3 is 0 Å². The number of aliphatic hydroxyl groups is 2. The number of nitrogens with zero attached hydrogens (tertiary/aromatic N) is 5. The first-order valence-corrected chi connectivity index (χ1v) is 4.88. The summed E-state index contributed by atoms with van der Waals surface area (Å²) in [5, 5.41) is 29.9. The number of aromatic amines is 1. The first-order chi connectivity index (χ1) is 8.22. The average Bonchev–Trinajstić information content (AvgIpc) is 2.81. The molecule has 2 heterocycles. The molecule has 0 aliphatic rings. The fraction of sp³-hybridized carbons (Fsp3) is 0.333. The lowest BCUT2D eigenvalue weighted by Crippen LogP contribution is -2.21. The first-order valence-electron chi connectivity index (χ1n) is 4.88. The van der Waals surface area contributed by atoms with Crippen molar-refractivity contribution in [3.8, 4) is 0 Å². The molecule has 0 amide bonds. The molecule has 0 saturated carbocycles. The van der Waals surface area contributed by atoms with E-state index >= 15 is 0 Å². The van der Waals surface area contributed by atoms with Crippen molar-refractivity contribution >= 4 is 10.9 Å². The van der Waals surface area contributed by atoms with Crippen molar-refractivity contribution in [3.63, 3.8) is 0 Å². The van der Waals surface area contributed by atoms with Crippen molar-refractivity contribution in [2.24, 2.45) is 5.11 Å². The molecule has 0 aliphatic heterocycles. The topological polar surface area (TPSA) is 131 Å². The summed E-state index contributed by atoms with van der Waals surface area (Å²) in [4.78, 5) is 6.50. The Morgan fingerprint density at radius 3 is 3.06 bits per heavy atom. The number of H-pyrrole nitrogens is 1. The molecule has 0 aromatic carbocycles. The molecule has 2 atom stereocenters. The molecule has 8 nitrogen and oxygen atoms in total. The van der Waals surface area contributed by atoms with Gasteiger partial charge in [-0.2, -0.15) is 5.10 Å². The fourth-order valence-electron chi connectivity index (χ4n) is 1.44. The Morgan fingerprint density at radius 1 is 1.47 bits per heavy atom. The van der Waals surface area contributed by atoms with Gasteiger partial charge in [-0.25, -0.2) is 0 Å². The molecule has 17 heavy (non-hydrogen) atoms. The van der Waals surface area contributed by atoms with E-state index in [1.54, 1.807) is 12.3 Å². The van der Waals surface area contributed by atoms with Gasteiger partial charge in [0, 0.05) is 10.3 Å². The van der Waals surface area contributed by atoms with Gasteiger partial charge in [0.05, 0.1) is 36.3 Å². The summed E-state index contributed by atoms with van der Waals surface area (Å²) in [7, 11) is 0. The zero-order valence-electron chi connectivity index (χ0n) is 8.72. The molecule has 0 radical (unpaired) electrons. The Balaban J connectivity index is 2.22. The standard InChI is InChI=1S/C9H10N6O2/c10-15-13-4-8(16)9(17)6-1-5-2-12-14-7(5)3-11-6/h1-3,8-9,16-17H,4H2,(H,12,14). The van der Waals surface area contributed by atoms with Crippen LogP contribution in [0.1, 0.15) is 11.8 Å². The van der Waals surface area contributed by atoms with Crippen LogP contribution in [0.2, 0.25) is 0 Å². The number of aliphatic hydroxyl groups excluding tert-OH is 2. The maximum atomic E-state index is 9.79. The summed E-state index contributed by atoms with van der Waals surface area (Å²) < 4.78 is 0. The Labute approximate surface area is 95.5 Å². The number of fused-ring (bicyclic) bond motifs is 1. The highest BCUT2D eigenvalue weighted by Gasteiger charge is 2.19. The van der Waals surface area contributed by atoms with Crippen molar-refractivity contribution in [1.82, 2.24) is 15.2 Å². The highest BCUT2D eigenvalue weighted by atomic mass is 16.3. The van der Waals surface area contributed by atoms with Crippen molar-refractivity contribution in [2.75, 3.05) is 6.54 Å². The van der Waals surface area contributed by atoms with Crippen LogP contribution in [-0.4, -0.2) is 38.0 Å². The minimum Gasteiger partial charge on any atom is -0.390 e. The van der Waals surface area contributed by atoms with Gasteiger partial charge in [-0.15, -0.1) is 0 Å². The quantitative estimate of drug-likeness (QED) is 0.407. The Hall–Kier alpha value is -2.15. The van der Waals surface area contributed by atoms with Crippen LogP contribution in [0.4, 0.5) is 0 Å². The van der Waals surface area contributed by atoms with E-state index in [1.807, 2.05) is 0 Å². The molecule has 0 bridgehead atoms. The van der Waals surface area contributed by atoms with Crippen LogP contribution in [0.3, 0.4) is 0 Å². The summed E-state index contributed by atoms with van der Waals surface area (Å²) in [6.07, 6.45) is 0.733. The van der Waals surface area contributed by atoms with Crippen LogP contribution in [0.5, 0.6) is 0 Å². The predicted octanol–water partition coefficient (Wildman–Crippen LogP) is 0.662. The Morgan fingerprint density at radius 2 is 2.29 bits per heavy atom. The molecule has 0 fully saturated rings. The third-order valence-electron chi connectivity index (χ3n) is 2.35. The van der Waals surface area contributed by atoms with E-state index < -0.39 is 12.2 Å². The molecule has 2 rings (SSSR count). The van der Waals surface area contributed by atoms with Crippen LogP contribution in [0.15, 0.2) is 23.6 Å².